The van der Waals surface area contributed by atoms with E-state index in [9.17, 15) is 0 Å². The standard InChI is InChI=1S/C84H50B4N6O/c1-6-24-51(25-7-1)89-66-40-18-16-36-58(66)85-62-46-63-72(48-71(62)91(53-28-10-3-11-29-53)69-43-22-42-68(89)78(69)85)92(54-30-12-4-13-31-54)74-49-75-81-84-80(74)87(63)60-38-20-34-56-57-35-21-39-61(83(57)94(84)82(56)60)88(81)64-47-65-77(50-73(64)93(75)55-32-14-5-15-33-55)95-76-45-23-44-70-79(76)86(65)59-37-17-19-41-67(59)90(70)52-26-8-2-9-27-52/h1-50H. The molecule has 0 saturated carbocycles. The van der Waals surface area contributed by atoms with Crippen LogP contribution in [0, 0.1) is 0 Å². The van der Waals surface area contributed by atoms with E-state index in [1.165, 1.54) is 139 Å². The summed E-state index contributed by atoms with van der Waals surface area (Å²) in [4.78, 5) is 12.7. The van der Waals surface area contributed by atoms with Crippen LogP contribution in [0.1, 0.15) is 0 Å². The molecule has 0 amide bonds. The first-order valence-corrected chi connectivity index (χ1v) is 33.2. The van der Waals surface area contributed by atoms with Gasteiger partial charge >= 0.3 is 0 Å². The zero-order valence-electron chi connectivity index (χ0n) is 51.3. The van der Waals surface area contributed by atoms with E-state index in [0.29, 0.717) is 0 Å². The van der Waals surface area contributed by atoms with Gasteiger partial charge in [-0.15, -0.1) is 0 Å². The van der Waals surface area contributed by atoms with Gasteiger partial charge in [0.25, 0.3) is 26.9 Å². The van der Waals surface area contributed by atoms with Crippen LogP contribution in [0.25, 0.3) is 27.5 Å². The fourth-order valence-electron chi connectivity index (χ4n) is 18.7. The number of hydrogen-bond acceptors (Lipinski definition) is 6. The van der Waals surface area contributed by atoms with Crippen LogP contribution in [-0.4, -0.2) is 31.4 Å². The van der Waals surface area contributed by atoms with Gasteiger partial charge in [0.1, 0.15) is 11.5 Å². The van der Waals surface area contributed by atoms with Crippen LogP contribution in [0.15, 0.2) is 303 Å². The van der Waals surface area contributed by atoms with Crippen LogP contribution in [0.5, 0.6) is 11.5 Å². The molecule has 95 heavy (non-hydrogen) atoms. The number of para-hydroxylation sites is 9. The maximum atomic E-state index is 7.44. The van der Waals surface area contributed by atoms with E-state index in [4.69, 9.17) is 4.74 Å². The van der Waals surface area contributed by atoms with Crippen molar-refractivity contribution in [2.45, 2.75) is 0 Å². The van der Waals surface area contributed by atoms with Crippen LogP contribution < -0.4 is 94.8 Å². The van der Waals surface area contributed by atoms with Crippen molar-refractivity contribution in [3.05, 3.63) is 303 Å². The molecule has 0 radical (unpaired) electrons. The lowest BCUT2D eigenvalue weighted by Crippen LogP contribution is -2.68. The number of fused-ring (bicyclic) bond motifs is 15. The molecule has 15 aromatic rings. The summed E-state index contributed by atoms with van der Waals surface area (Å²) >= 11 is 0. The number of aromatic nitrogens is 1. The van der Waals surface area contributed by atoms with Crippen LogP contribution in [-0.2, 0) is 0 Å². The first-order chi connectivity index (χ1) is 47.2. The molecule has 0 spiro atoms. The van der Waals surface area contributed by atoms with E-state index < -0.39 is 0 Å². The summed E-state index contributed by atoms with van der Waals surface area (Å²) in [6.07, 6.45) is 0. The summed E-state index contributed by atoms with van der Waals surface area (Å²) in [5.74, 6) is 1.77. The predicted molar refractivity (Wildman–Crippen MR) is 399 cm³/mol. The summed E-state index contributed by atoms with van der Waals surface area (Å²) < 4.78 is 10.2. The van der Waals surface area contributed by atoms with Gasteiger partial charge in [-0.3, -0.25) is 0 Å². The Hall–Kier alpha value is -12.1. The van der Waals surface area contributed by atoms with Crippen molar-refractivity contribution in [3.63, 3.8) is 0 Å². The SMILES string of the molecule is c1ccc(N2c3ccccc3B3c4cc5c(cc4Oc4cccc2c43)N(c2ccccc2)c2cc3c4c6c2B5c2cccc5c7cccc(c7n-6c25)B4c2cc4c(cc2N3c2ccccc2)N(c2ccccc2)c2cccc3c2B4c2ccccc2N3c2ccccc2)cc1. The molecular weight excluding hydrogens is 1150 g/mol. The van der Waals surface area contributed by atoms with E-state index in [1.54, 1.807) is 0 Å². The quantitative estimate of drug-likeness (QED) is 0.160. The summed E-state index contributed by atoms with van der Waals surface area (Å²) in [6, 6.07) is 114. The monoisotopic (exact) mass is 1200 g/mol. The van der Waals surface area contributed by atoms with Crippen molar-refractivity contribution in [3.8, 4) is 17.2 Å². The maximum absolute atomic E-state index is 7.44. The second-order valence-electron chi connectivity index (χ2n) is 26.5. The van der Waals surface area contributed by atoms with Crippen LogP contribution in [0.4, 0.5) is 85.3 Å². The summed E-state index contributed by atoms with van der Waals surface area (Å²) in [5.41, 5.74) is 36.7. The lowest BCUT2D eigenvalue weighted by Gasteiger charge is -2.48. The summed E-state index contributed by atoms with van der Waals surface area (Å²) in [6.45, 7) is -0.437. The predicted octanol–water partition coefficient (Wildman–Crippen LogP) is 12.5. The average Bonchev–Trinajstić information content (AvgIpc) is 1.63. The molecule has 0 atom stereocenters. The molecule has 0 unspecified atom stereocenters. The van der Waals surface area contributed by atoms with E-state index in [2.05, 4.69) is 332 Å². The van der Waals surface area contributed by atoms with Crippen LogP contribution in [0.2, 0.25) is 0 Å². The Morgan fingerprint density at radius 1 is 0.211 bits per heavy atom. The smallest absolute Gasteiger partial charge is 0.256 e. The molecule has 8 aliphatic heterocycles. The molecule has 7 nitrogen and oxygen atoms in total. The van der Waals surface area contributed by atoms with Gasteiger partial charge in [0, 0.05) is 119 Å². The van der Waals surface area contributed by atoms with E-state index in [-0.39, 0.29) is 26.9 Å². The van der Waals surface area contributed by atoms with Crippen molar-refractivity contribution >= 4 is 200 Å². The molecular formula is C84H50B4N6O. The van der Waals surface area contributed by atoms with Gasteiger partial charge < -0.3 is 33.8 Å². The van der Waals surface area contributed by atoms with Gasteiger partial charge in [-0.2, -0.15) is 0 Å². The van der Waals surface area contributed by atoms with Crippen molar-refractivity contribution < 1.29 is 4.74 Å². The van der Waals surface area contributed by atoms with Crippen molar-refractivity contribution in [1.82, 2.24) is 4.57 Å². The van der Waals surface area contributed by atoms with Crippen molar-refractivity contribution in [1.29, 1.82) is 0 Å². The summed E-state index contributed by atoms with van der Waals surface area (Å²) in [7, 11) is 0. The molecule has 9 heterocycles. The molecule has 0 N–H and O–H groups in total. The molecule has 23 rings (SSSR count). The highest BCUT2D eigenvalue weighted by atomic mass is 16.5. The minimum absolute atomic E-state index is 0.0738. The zero-order chi connectivity index (χ0) is 61.5. The van der Waals surface area contributed by atoms with E-state index in [0.717, 1.165) is 51.3 Å². The Morgan fingerprint density at radius 3 is 1.03 bits per heavy atom. The van der Waals surface area contributed by atoms with Gasteiger partial charge in [0.15, 0.2) is 0 Å². The van der Waals surface area contributed by atoms with Gasteiger partial charge in [-0.05, 0) is 175 Å². The molecule has 11 heteroatoms. The average molecular weight is 1200 g/mol. The second kappa shape index (κ2) is 18.4. The van der Waals surface area contributed by atoms with Crippen LogP contribution in [0.3, 0.4) is 0 Å². The van der Waals surface area contributed by atoms with Crippen LogP contribution >= 0.6 is 0 Å². The Balaban J connectivity index is 0.828. The van der Waals surface area contributed by atoms with E-state index >= 15 is 0 Å². The zero-order valence-corrected chi connectivity index (χ0v) is 51.3. The molecule has 8 aliphatic rings. The highest BCUT2D eigenvalue weighted by Crippen LogP contribution is 2.52. The van der Waals surface area contributed by atoms with Crippen molar-refractivity contribution in [2.24, 2.45) is 0 Å². The Morgan fingerprint density at radius 2 is 0.547 bits per heavy atom. The lowest BCUT2D eigenvalue weighted by molar-refractivity contribution is 0.488. The maximum Gasteiger partial charge on any atom is 0.256 e. The number of nitrogens with zero attached hydrogens (tertiary/aromatic N) is 6. The fraction of sp³-hybridized carbons (Fsp3) is 0. The molecule has 14 aromatic carbocycles. The minimum Gasteiger partial charge on any atom is -0.458 e. The van der Waals surface area contributed by atoms with Crippen molar-refractivity contribution in [2.75, 3.05) is 24.5 Å². The largest absolute Gasteiger partial charge is 0.458 e. The molecule has 434 valence electrons. The second-order valence-corrected chi connectivity index (χ2v) is 26.5. The fourth-order valence-corrected chi connectivity index (χ4v) is 18.7. The number of hydrogen-bond donors (Lipinski definition) is 0. The van der Waals surface area contributed by atoms with E-state index in [1.807, 2.05) is 0 Å². The molecule has 0 aliphatic carbocycles. The number of benzene rings is 14. The highest BCUT2D eigenvalue weighted by molar-refractivity contribution is 7.06. The lowest BCUT2D eigenvalue weighted by atomic mass is 9.28. The van der Waals surface area contributed by atoms with Gasteiger partial charge in [0.05, 0.1) is 0 Å². The van der Waals surface area contributed by atoms with Gasteiger partial charge in [-0.1, -0.05) is 188 Å². The molecule has 0 bridgehead atoms. The molecule has 1 aromatic heterocycles. The number of rotatable bonds is 5. The molecule has 0 fully saturated rings. The third-order valence-corrected chi connectivity index (χ3v) is 22.1. The summed E-state index contributed by atoms with van der Waals surface area (Å²) in [5, 5.41) is 2.57. The number of anilines is 15. The number of ether oxygens (including phenoxy) is 1. The minimum atomic E-state index is -0.139. The first-order valence-electron chi connectivity index (χ1n) is 33.2. The molecule has 0 saturated heterocycles. The Bertz CT molecular complexity index is 5910. The van der Waals surface area contributed by atoms with Gasteiger partial charge in [-0.25, -0.2) is 0 Å². The first kappa shape index (κ1) is 50.6. The Labute approximate surface area is 550 Å². The highest BCUT2D eigenvalue weighted by Gasteiger charge is 2.53. The van der Waals surface area contributed by atoms with Gasteiger partial charge in [0.2, 0.25) is 0 Å². The topological polar surface area (TPSA) is 30.4 Å². The third-order valence-electron chi connectivity index (χ3n) is 22.1. The Kier molecular flexibility index (Phi) is 9.78. The normalized spacial score (nSPS) is 14.4. The third kappa shape index (κ3) is 6.40.